The van der Waals surface area contributed by atoms with Gasteiger partial charge in [-0.2, -0.15) is 0 Å². The third-order valence-corrected chi connectivity index (χ3v) is 4.54. The van der Waals surface area contributed by atoms with Crippen molar-refractivity contribution in [3.63, 3.8) is 0 Å². The lowest BCUT2D eigenvalue weighted by molar-refractivity contribution is 0.575. The zero-order chi connectivity index (χ0) is 13.8. The summed E-state index contributed by atoms with van der Waals surface area (Å²) in [7, 11) is -3.68. The van der Waals surface area contributed by atoms with E-state index in [0.29, 0.717) is 6.54 Å². The monoisotopic (exact) mass is 338 g/mol. The van der Waals surface area contributed by atoms with Crippen molar-refractivity contribution in [2.45, 2.75) is 31.1 Å². The fourth-order valence-corrected chi connectivity index (χ4v) is 3.14. The molecule has 18 heavy (non-hydrogen) atoms. The lowest BCUT2D eigenvalue weighted by Gasteiger charge is -2.09. The first-order valence-corrected chi connectivity index (χ1v) is 7.90. The van der Waals surface area contributed by atoms with Crippen molar-refractivity contribution in [2.24, 2.45) is 0 Å². The maximum atomic E-state index is 13.2. The van der Waals surface area contributed by atoms with Crippen molar-refractivity contribution in [1.82, 2.24) is 4.72 Å². The number of sulfonamides is 1. The topological polar surface area (TPSA) is 72.2 Å². The van der Waals surface area contributed by atoms with E-state index < -0.39 is 15.8 Å². The molecule has 0 atom stereocenters. The molecule has 0 aliphatic carbocycles. The molecule has 1 aromatic carbocycles. The maximum absolute atomic E-state index is 13.2. The molecule has 0 bridgehead atoms. The second-order valence-electron chi connectivity index (χ2n) is 3.91. The van der Waals surface area contributed by atoms with Crippen LogP contribution in [-0.4, -0.2) is 15.0 Å². The highest BCUT2D eigenvalue weighted by molar-refractivity contribution is 9.10. The predicted molar refractivity (Wildman–Crippen MR) is 73.2 cm³/mol. The average molecular weight is 339 g/mol. The van der Waals surface area contributed by atoms with Crippen LogP contribution in [0.5, 0.6) is 0 Å². The highest BCUT2D eigenvalue weighted by Gasteiger charge is 2.19. The molecule has 102 valence electrons. The second-order valence-corrected chi connectivity index (χ2v) is 6.50. The van der Waals surface area contributed by atoms with Gasteiger partial charge in [0.05, 0.1) is 10.2 Å². The molecule has 0 aliphatic heterocycles. The zero-order valence-electron chi connectivity index (χ0n) is 10.0. The lowest BCUT2D eigenvalue weighted by atomic mass is 10.3. The van der Waals surface area contributed by atoms with Crippen LogP contribution in [0, 0.1) is 5.82 Å². The Morgan fingerprint density at radius 3 is 2.67 bits per heavy atom. The fraction of sp³-hybridized carbons (Fsp3) is 0.455. The van der Waals surface area contributed by atoms with E-state index in [4.69, 9.17) is 5.73 Å². The van der Waals surface area contributed by atoms with E-state index in [-0.39, 0.29) is 15.1 Å². The Labute approximate surface area is 115 Å². The minimum atomic E-state index is -3.68. The molecule has 0 radical (unpaired) electrons. The van der Waals surface area contributed by atoms with Gasteiger partial charge >= 0.3 is 0 Å². The number of nitrogen functional groups attached to an aromatic ring is 1. The molecule has 0 spiro atoms. The second kappa shape index (κ2) is 6.49. The number of hydrogen-bond acceptors (Lipinski definition) is 3. The van der Waals surface area contributed by atoms with Gasteiger partial charge in [-0.3, -0.25) is 0 Å². The summed E-state index contributed by atoms with van der Waals surface area (Å²) in [5.74, 6) is -0.586. The van der Waals surface area contributed by atoms with Gasteiger partial charge in [-0.25, -0.2) is 17.5 Å². The minimum absolute atomic E-state index is 0.0747. The van der Waals surface area contributed by atoms with Crippen molar-refractivity contribution in [1.29, 1.82) is 0 Å². The minimum Gasteiger partial charge on any atom is -0.398 e. The number of benzene rings is 1. The van der Waals surface area contributed by atoms with Crippen LogP contribution >= 0.6 is 15.9 Å². The van der Waals surface area contributed by atoms with Crippen LogP contribution in [0.4, 0.5) is 10.1 Å². The summed E-state index contributed by atoms with van der Waals surface area (Å²) >= 11 is 2.94. The van der Waals surface area contributed by atoms with Crippen molar-refractivity contribution in [2.75, 3.05) is 12.3 Å². The van der Waals surface area contributed by atoms with Gasteiger partial charge in [0.15, 0.2) is 0 Å². The first kappa shape index (κ1) is 15.4. The molecule has 7 heteroatoms. The van der Waals surface area contributed by atoms with Crippen LogP contribution in [0.1, 0.15) is 26.2 Å². The molecule has 0 amide bonds. The Kier molecular flexibility index (Phi) is 5.55. The van der Waals surface area contributed by atoms with Crippen LogP contribution in [-0.2, 0) is 10.0 Å². The Hall–Kier alpha value is -0.660. The van der Waals surface area contributed by atoms with Gasteiger partial charge in [-0.05, 0) is 34.5 Å². The molecule has 0 aliphatic rings. The molecular formula is C11H16BrFN2O2S. The first-order chi connectivity index (χ1) is 8.38. The van der Waals surface area contributed by atoms with Gasteiger partial charge in [0.2, 0.25) is 10.0 Å². The van der Waals surface area contributed by atoms with E-state index in [2.05, 4.69) is 20.7 Å². The third-order valence-electron chi connectivity index (χ3n) is 2.41. The van der Waals surface area contributed by atoms with Gasteiger partial charge in [0.1, 0.15) is 10.7 Å². The summed E-state index contributed by atoms with van der Waals surface area (Å²) in [5.41, 5.74) is 5.43. The molecule has 0 saturated carbocycles. The summed E-state index contributed by atoms with van der Waals surface area (Å²) in [6.45, 7) is 2.38. The molecule has 0 heterocycles. The number of nitrogens with one attached hydrogen (secondary N) is 1. The highest BCUT2D eigenvalue weighted by Crippen LogP contribution is 2.25. The Balaban J connectivity index is 2.88. The largest absolute Gasteiger partial charge is 0.398 e. The zero-order valence-corrected chi connectivity index (χ0v) is 12.4. The number of hydrogen-bond donors (Lipinski definition) is 2. The first-order valence-electron chi connectivity index (χ1n) is 5.62. The SMILES string of the molecule is CCCCCNS(=O)(=O)c1cc(Br)c(F)cc1N. The van der Waals surface area contributed by atoms with Gasteiger partial charge in [0, 0.05) is 6.54 Å². The average Bonchev–Trinajstić information content (AvgIpc) is 2.29. The summed E-state index contributed by atoms with van der Waals surface area (Å²) in [4.78, 5) is -0.104. The predicted octanol–water partition coefficient (Wildman–Crippen LogP) is 2.64. The highest BCUT2D eigenvalue weighted by atomic mass is 79.9. The Bertz CT molecular complexity index is 520. The van der Waals surface area contributed by atoms with E-state index >= 15 is 0 Å². The van der Waals surface area contributed by atoms with Crippen LogP contribution in [0.3, 0.4) is 0 Å². The number of anilines is 1. The fourth-order valence-electron chi connectivity index (χ4n) is 1.44. The molecule has 1 aromatic rings. The number of rotatable bonds is 6. The van der Waals surface area contributed by atoms with Crippen LogP contribution in [0.2, 0.25) is 0 Å². The van der Waals surface area contributed by atoms with Crippen LogP contribution in [0.15, 0.2) is 21.5 Å². The Morgan fingerprint density at radius 2 is 2.06 bits per heavy atom. The van der Waals surface area contributed by atoms with Crippen molar-refractivity contribution in [3.05, 3.63) is 22.4 Å². The maximum Gasteiger partial charge on any atom is 0.242 e. The molecule has 0 unspecified atom stereocenters. The van der Waals surface area contributed by atoms with Crippen LogP contribution in [0.25, 0.3) is 0 Å². The summed E-state index contributed by atoms with van der Waals surface area (Å²) in [6.07, 6.45) is 2.72. The normalized spacial score (nSPS) is 11.7. The Morgan fingerprint density at radius 1 is 1.39 bits per heavy atom. The summed E-state index contributed by atoms with van der Waals surface area (Å²) < 4.78 is 39.6. The standard InChI is InChI=1S/C11H16BrFN2O2S/c1-2-3-4-5-15-18(16,17)11-6-8(12)9(13)7-10(11)14/h6-7,15H,2-5,14H2,1H3. The van der Waals surface area contributed by atoms with E-state index in [1.807, 2.05) is 6.92 Å². The molecule has 0 fully saturated rings. The summed E-state index contributed by atoms with van der Waals surface area (Å²) in [6, 6.07) is 2.16. The summed E-state index contributed by atoms with van der Waals surface area (Å²) in [5, 5.41) is 0. The van der Waals surface area contributed by atoms with Gasteiger partial charge in [-0.15, -0.1) is 0 Å². The number of nitrogens with two attached hydrogens (primary N) is 1. The van der Waals surface area contributed by atoms with Crippen molar-refractivity contribution >= 4 is 31.6 Å². The molecule has 0 saturated heterocycles. The van der Waals surface area contributed by atoms with E-state index in [9.17, 15) is 12.8 Å². The molecule has 4 nitrogen and oxygen atoms in total. The number of halogens is 2. The number of unbranched alkanes of at least 4 members (excludes halogenated alkanes) is 2. The van der Waals surface area contributed by atoms with E-state index in [0.717, 1.165) is 25.3 Å². The van der Waals surface area contributed by atoms with Gasteiger partial charge < -0.3 is 5.73 Å². The third kappa shape index (κ3) is 3.93. The molecule has 0 aromatic heterocycles. The van der Waals surface area contributed by atoms with E-state index in [1.54, 1.807) is 0 Å². The van der Waals surface area contributed by atoms with Gasteiger partial charge in [0.25, 0.3) is 0 Å². The molecule has 3 N–H and O–H groups in total. The molecular weight excluding hydrogens is 323 g/mol. The smallest absolute Gasteiger partial charge is 0.242 e. The quantitative estimate of drug-likeness (QED) is 0.618. The molecule has 1 rings (SSSR count). The lowest BCUT2D eigenvalue weighted by Crippen LogP contribution is -2.25. The van der Waals surface area contributed by atoms with Crippen molar-refractivity contribution in [3.8, 4) is 0 Å². The van der Waals surface area contributed by atoms with Crippen molar-refractivity contribution < 1.29 is 12.8 Å². The van der Waals surface area contributed by atoms with Gasteiger partial charge in [-0.1, -0.05) is 19.8 Å². The van der Waals surface area contributed by atoms with E-state index in [1.165, 1.54) is 6.07 Å². The van der Waals surface area contributed by atoms with Crippen LogP contribution < -0.4 is 10.5 Å².